The molecule has 110 valence electrons. The lowest BCUT2D eigenvalue weighted by molar-refractivity contribution is -0.118. The Morgan fingerprint density at radius 1 is 1.43 bits per heavy atom. The second-order valence-electron chi connectivity index (χ2n) is 5.13. The molecule has 1 fully saturated rings. The number of carbonyl (C=O) groups is 1. The van der Waals surface area contributed by atoms with Crippen molar-refractivity contribution in [1.82, 2.24) is 20.5 Å². The second-order valence-corrected chi connectivity index (χ2v) is 6.08. The number of thioether (sulfide) groups is 1. The van der Waals surface area contributed by atoms with Gasteiger partial charge in [0.2, 0.25) is 11.1 Å². The van der Waals surface area contributed by atoms with Gasteiger partial charge in [0, 0.05) is 18.4 Å². The molecule has 1 aliphatic rings. The topological polar surface area (TPSA) is 70.7 Å². The van der Waals surface area contributed by atoms with Gasteiger partial charge in [-0.3, -0.25) is 9.89 Å². The summed E-state index contributed by atoms with van der Waals surface area (Å²) in [5, 5.41) is 10.6. The number of aromatic nitrogens is 3. The van der Waals surface area contributed by atoms with Crippen LogP contribution in [0, 0.1) is 0 Å². The van der Waals surface area contributed by atoms with Crippen LogP contribution in [0.15, 0.2) is 35.5 Å². The molecular weight excluding hydrogens is 284 g/mol. The van der Waals surface area contributed by atoms with E-state index in [1.165, 1.54) is 17.3 Å². The van der Waals surface area contributed by atoms with E-state index in [0.29, 0.717) is 16.8 Å². The number of nitrogens with one attached hydrogen (secondary N) is 2. The monoisotopic (exact) mass is 302 g/mol. The number of hydrogen-bond acceptors (Lipinski definition) is 4. The Labute approximate surface area is 127 Å². The average Bonchev–Trinajstić information content (AvgIpc) is 3.12. The van der Waals surface area contributed by atoms with Crippen molar-refractivity contribution < 1.29 is 4.79 Å². The number of aryl methyl sites for hydroxylation is 1. The van der Waals surface area contributed by atoms with Crippen LogP contribution in [0.4, 0.5) is 0 Å². The first-order valence-corrected chi connectivity index (χ1v) is 8.13. The molecule has 0 aliphatic heterocycles. The zero-order chi connectivity index (χ0) is 14.7. The van der Waals surface area contributed by atoms with E-state index in [4.69, 9.17) is 0 Å². The molecule has 6 heteroatoms. The third-order valence-electron chi connectivity index (χ3n) is 3.54. The van der Waals surface area contributed by atoms with Crippen molar-refractivity contribution in [2.75, 3.05) is 5.75 Å². The molecule has 2 N–H and O–H groups in total. The number of hydrogen-bond donors (Lipinski definition) is 2. The van der Waals surface area contributed by atoms with E-state index in [1.54, 1.807) is 0 Å². The molecule has 2 aromatic rings. The molecule has 0 bridgehead atoms. The van der Waals surface area contributed by atoms with E-state index < -0.39 is 0 Å². The van der Waals surface area contributed by atoms with Gasteiger partial charge >= 0.3 is 0 Å². The molecule has 3 rings (SSSR count). The van der Waals surface area contributed by atoms with Gasteiger partial charge in [-0.05, 0) is 12.0 Å². The summed E-state index contributed by atoms with van der Waals surface area (Å²) >= 11 is 1.37. The molecule has 0 saturated heterocycles. The van der Waals surface area contributed by atoms with E-state index in [-0.39, 0.29) is 11.9 Å². The van der Waals surface area contributed by atoms with Crippen LogP contribution in [0.1, 0.15) is 30.7 Å². The highest BCUT2D eigenvalue weighted by molar-refractivity contribution is 7.99. The first kappa shape index (κ1) is 14.1. The van der Waals surface area contributed by atoms with Gasteiger partial charge in [-0.2, -0.15) is 0 Å². The lowest BCUT2D eigenvalue weighted by Gasteiger charge is -2.03. The van der Waals surface area contributed by atoms with Crippen molar-refractivity contribution in [2.45, 2.75) is 36.9 Å². The fraction of sp³-hybridized carbons (Fsp3) is 0.400. The lowest BCUT2D eigenvalue weighted by atomic mass is 10.1. The van der Waals surface area contributed by atoms with Crippen LogP contribution >= 0.6 is 11.8 Å². The van der Waals surface area contributed by atoms with Crippen LogP contribution in [-0.2, 0) is 11.2 Å². The molecule has 5 nitrogen and oxygen atoms in total. The second kappa shape index (κ2) is 6.30. The van der Waals surface area contributed by atoms with Crippen LogP contribution in [0.5, 0.6) is 0 Å². The fourth-order valence-corrected chi connectivity index (χ4v) is 2.93. The van der Waals surface area contributed by atoms with E-state index in [2.05, 4.69) is 32.6 Å². The Bertz CT molecular complexity index is 613. The molecule has 1 heterocycles. The third-order valence-corrected chi connectivity index (χ3v) is 4.39. The van der Waals surface area contributed by atoms with E-state index in [9.17, 15) is 4.79 Å². The number of aromatic amines is 1. The largest absolute Gasteiger partial charge is 0.352 e. The van der Waals surface area contributed by atoms with Crippen molar-refractivity contribution in [3.63, 3.8) is 0 Å². The molecule has 0 spiro atoms. The summed E-state index contributed by atoms with van der Waals surface area (Å²) in [4.78, 5) is 16.2. The van der Waals surface area contributed by atoms with Gasteiger partial charge in [0.05, 0.1) is 5.75 Å². The Hall–Kier alpha value is -1.82. The van der Waals surface area contributed by atoms with Crippen molar-refractivity contribution in [1.29, 1.82) is 0 Å². The highest BCUT2D eigenvalue weighted by atomic mass is 32.2. The molecule has 0 unspecified atom stereocenters. The number of H-pyrrole nitrogens is 1. The molecule has 0 radical (unpaired) electrons. The lowest BCUT2D eigenvalue weighted by Crippen LogP contribution is -2.28. The van der Waals surface area contributed by atoms with Crippen molar-refractivity contribution in [3.8, 4) is 0 Å². The molecule has 1 aliphatic carbocycles. The average molecular weight is 302 g/mol. The Balaban J connectivity index is 1.43. The zero-order valence-electron chi connectivity index (χ0n) is 11.9. The molecule has 1 aromatic heterocycles. The minimum atomic E-state index is 0.0475. The molecular formula is C15H18N4OS. The standard InChI is InChI=1S/C15H18N4OS/c1-2-13-17-15(19-18-13)21-9-14(20)16-12-8-11(12)10-6-4-3-5-7-10/h3-7,11-12H,2,8-9H2,1H3,(H,16,20)(H,17,18,19)/t11-,12+/m0/s1. The van der Waals surface area contributed by atoms with Crippen molar-refractivity contribution in [3.05, 3.63) is 41.7 Å². The summed E-state index contributed by atoms with van der Waals surface area (Å²) in [6, 6.07) is 10.6. The maximum absolute atomic E-state index is 11.9. The van der Waals surface area contributed by atoms with Crippen molar-refractivity contribution in [2.24, 2.45) is 0 Å². The smallest absolute Gasteiger partial charge is 0.230 e. The Morgan fingerprint density at radius 2 is 2.24 bits per heavy atom. The van der Waals surface area contributed by atoms with Crippen LogP contribution in [0.3, 0.4) is 0 Å². The SMILES string of the molecule is CCc1nc(SCC(=O)N[C@@H]2C[C@H]2c2ccccc2)n[nH]1. The van der Waals surface area contributed by atoms with Crippen LogP contribution in [0.25, 0.3) is 0 Å². The molecule has 21 heavy (non-hydrogen) atoms. The quantitative estimate of drug-likeness (QED) is 0.802. The molecule has 1 amide bonds. The van der Waals surface area contributed by atoms with Gasteiger partial charge in [0.15, 0.2) is 0 Å². The van der Waals surface area contributed by atoms with Crippen LogP contribution in [-0.4, -0.2) is 32.9 Å². The Kier molecular flexibility index (Phi) is 4.24. The summed E-state index contributed by atoms with van der Waals surface area (Å²) in [5.41, 5.74) is 1.30. The summed E-state index contributed by atoms with van der Waals surface area (Å²) in [7, 11) is 0. The van der Waals surface area contributed by atoms with Gasteiger partial charge in [-0.25, -0.2) is 4.98 Å². The zero-order valence-corrected chi connectivity index (χ0v) is 12.7. The minimum Gasteiger partial charge on any atom is -0.352 e. The third kappa shape index (κ3) is 3.64. The normalized spacial score (nSPS) is 20.2. The number of nitrogens with zero attached hydrogens (tertiary/aromatic N) is 2. The summed E-state index contributed by atoms with van der Waals surface area (Å²) in [5.74, 6) is 1.73. The van der Waals surface area contributed by atoms with Gasteiger partial charge in [-0.1, -0.05) is 49.0 Å². The maximum atomic E-state index is 11.9. The number of amides is 1. The summed E-state index contributed by atoms with van der Waals surface area (Å²) in [6.45, 7) is 2.01. The van der Waals surface area contributed by atoms with Gasteiger partial charge in [0.25, 0.3) is 0 Å². The Morgan fingerprint density at radius 3 is 2.95 bits per heavy atom. The first-order valence-electron chi connectivity index (χ1n) is 7.14. The molecule has 2 atom stereocenters. The molecule has 1 saturated carbocycles. The predicted molar refractivity (Wildman–Crippen MR) is 82.2 cm³/mol. The van der Waals surface area contributed by atoms with E-state index in [1.807, 2.05) is 25.1 Å². The predicted octanol–water partition coefficient (Wildman–Crippen LogP) is 2.13. The number of rotatable bonds is 6. The first-order chi connectivity index (χ1) is 10.3. The maximum Gasteiger partial charge on any atom is 0.230 e. The van der Waals surface area contributed by atoms with Gasteiger partial charge < -0.3 is 5.32 Å². The van der Waals surface area contributed by atoms with E-state index in [0.717, 1.165) is 18.7 Å². The molecule has 1 aromatic carbocycles. The van der Waals surface area contributed by atoms with Crippen molar-refractivity contribution >= 4 is 17.7 Å². The van der Waals surface area contributed by atoms with Gasteiger partial charge in [0.1, 0.15) is 5.82 Å². The van der Waals surface area contributed by atoms with Crippen LogP contribution < -0.4 is 5.32 Å². The summed E-state index contributed by atoms with van der Waals surface area (Å²) < 4.78 is 0. The highest BCUT2D eigenvalue weighted by Gasteiger charge is 2.39. The van der Waals surface area contributed by atoms with Crippen LogP contribution in [0.2, 0.25) is 0 Å². The number of carbonyl (C=O) groups excluding carboxylic acids is 1. The summed E-state index contributed by atoms with van der Waals surface area (Å²) in [6.07, 6.45) is 1.85. The fourth-order valence-electron chi connectivity index (χ4n) is 2.30. The highest BCUT2D eigenvalue weighted by Crippen LogP contribution is 2.40. The number of benzene rings is 1. The van der Waals surface area contributed by atoms with E-state index >= 15 is 0 Å². The van der Waals surface area contributed by atoms with Gasteiger partial charge in [-0.15, -0.1) is 5.10 Å². The minimum absolute atomic E-state index is 0.0475.